The Morgan fingerprint density at radius 1 is 1.42 bits per heavy atom. The van der Waals surface area contributed by atoms with Crippen LogP contribution >= 0.6 is 0 Å². The number of hydrogen-bond acceptors (Lipinski definition) is 3. The van der Waals surface area contributed by atoms with Crippen molar-refractivity contribution in [2.45, 2.75) is 50.7 Å². The van der Waals surface area contributed by atoms with Crippen molar-refractivity contribution in [3.05, 3.63) is 0 Å². The molecule has 2 fully saturated rings. The van der Waals surface area contributed by atoms with Gasteiger partial charge in [0.2, 0.25) is 0 Å². The first-order chi connectivity index (χ1) is 5.74. The van der Waals surface area contributed by atoms with Crippen molar-refractivity contribution < 1.29 is 9.47 Å². The van der Waals surface area contributed by atoms with Gasteiger partial charge < -0.3 is 9.47 Å². The Hall–Kier alpha value is -0.120. The van der Waals surface area contributed by atoms with E-state index in [2.05, 4.69) is 12.2 Å². The second-order valence-electron chi connectivity index (χ2n) is 3.90. The van der Waals surface area contributed by atoms with Crippen molar-refractivity contribution >= 4 is 0 Å². The number of rotatable bonds is 1. The highest BCUT2D eigenvalue weighted by atomic mass is 16.7. The van der Waals surface area contributed by atoms with E-state index in [-0.39, 0.29) is 12.0 Å². The van der Waals surface area contributed by atoms with Crippen molar-refractivity contribution in [1.82, 2.24) is 5.32 Å². The van der Waals surface area contributed by atoms with Crippen LogP contribution in [-0.2, 0) is 9.47 Å². The minimum Gasteiger partial charge on any atom is -0.356 e. The third-order valence-corrected chi connectivity index (χ3v) is 2.89. The molecule has 2 saturated heterocycles. The molecule has 0 aliphatic carbocycles. The summed E-state index contributed by atoms with van der Waals surface area (Å²) >= 11 is 0. The van der Waals surface area contributed by atoms with Crippen LogP contribution in [0.2, 0.25) is 0 Å². The summed E-state index contributed by atoms with van der Waals surface area (Å²) in [5.74, 6) is 0. The summed E-state index contributed by atoms with van der Waals surface area (Å²) in [7, 11) is 1.71. The van der Waals surface area contributed by atoms with E-state index >= 15 is 0 Å². The average molecular weight is 171 g/mol. The Bertz CT molecular complexity index is 174. The highest BCUT2D eigenvalue weighted by Gasteiger charge is 2.44. The number of hydrogen-bond donors (Lipinski definition) is 1. The van der Waals surface area contributed by atoms with Crippen LogP contribution in [0, 0.1) is 0 Å². The second kappa shape index (κ2) is 2.98. The molecule has 70 valence electrons. The maximum absolute atomic E-state index is 5.80. The van der Waals surface area contributed by atoms with Crippen LogP contribution < -0.4 is 5.32 Å². The van der Waals surface area contributed by atoms with Crippen molar-refractivity contribution in [2.24, 2.45) is 0 Å². The zero-order valence-corrected chi connectivity index (χ0v) is 7.80. The van der Waals surface area contributed by atoms with Gasteiger partial charge in [-0.25, -0.2) is 0 Å². The fraction of sp³-hybridized carbons (Fsp3) is 1.00. The minimum atomic E-state index is -0.0416. The average Bonchev–Trinajstić information content (AvgIpc) is 2.61. The van der Waals surface area contributed by atoms with Crippen molar-refractivity contribution in [3.8, 4) is 0 Å². The Kier molecular flexibility index (Phi) is 2.10. The minimum absolute atomic E-state index is 0.0165. The highest BCUT2D eigenvalue weighted by Crippen LogP contribution is 2.36. The molecule has 3 unspecified atom stereocenters. The van der Waals surface area contributed by atoms with Gasteiger partial charge in [-0.3, -0.25) is 5.32 Å². The molecule has 0 aromatic carbocycles. The molecule has 0 aromatic rings. The Morgan fingerprint density at radius 3 is 2.67 bits per heavy atom. The molecular weight excluding hydrogens is 154 g/mol. The maximum atomic E-state index is 5.80. The van der Waals surface area contributed by atoms with Crippen LogP contribution in [-0.4, -0.2) is 25.2 Å². The Labute approximate surface area is 73.4 Å². The summed E-state index contributed by atoms with van der Waals surface area (Å²) in [4.78, 5) is 0. The number of ether oxygens (including phenoxy) is 2. The predicted molar refractivity (Wildman–Crippen MR) is 45.7 cm³/mol. The standard InChI is InChI=1S/C9H17NO2/c1-7-3-5-9(10-7)6-4-8(11-2)12-9/h7-8,10H,3-6H2,1-2H3. The molecule has 0 saturated carbocycles. The van der Waals surface area contributed by atoms with Gasteiger partial charge in [-0.1, -0.05) is 0 Å². The lowest BCUT2D eigenvalue weighted by Crippen LogP contribution is -2.42. The Balaban J connectivity index is 1.97. The van der Waals surface area contributed by atoms with Gasteiger partial charge in [0.1, 0.15) is 5.72 Å². The first-order valence-corrected chi connectivity index (χ1v) is 4.72. The van der Waals surface area contributed by atoms with Gasteiger partial charge in [-0.05, 0) is 26.2 Å². The molecule has 1 spiro atoms. The lowest BCUT2D eigenvalue weighted by Gasteiger charge is -2.24. The molecule has 0 amide bonds. The molecule has 0 aromatic heterocycles. The molecule has 0 bridgehead atoms. The van der Waals surface area contributed by atoms with Gasteiger partial charge in [-0.15, -0.1) is 0 Å². The van der Waals surface area contributed by atoms with Gasteiger partial charge in [0.05, 0.1) is 0 Å². The molecule has 1 N–H and O–H groups in total. The normalized spacial score (nSPS) is 47.5. The van der Waals surface area contributed by atoms with E-state index in [1.807, 2.05) is 0 Å². The van der Waals surface area contributed by atoms with Crippen LogP contribution in [0.25, 0.3) is 0 Å². The molecule has 0 radical (unpaired) electrons. The third-order valence-electron chi connectivity index (χ3n) is 2.89. The second-order valence-corrected chi connectivity index (χ2v) is 3.90. The van der Waals surface area contributed by atoms with Crippen LogP contribution in [0.1, 0.15) is 32.6 Å². The third kappa shape index (κ3) is 1.37. The molecular formula is C9H17NO2. The van der Waals surface area contributed by atoms with Gasteiger partial charge in [-0.2, -0.15) is 0 Å². The smallest absolute Gasteiger partial charge is 0.159 e. The van der Waals surface area contributed by atoms with Crippen LogP contribution in [0.3, 0.4) is 0 Å². The van der Waals surface area contributed by atoms with E-state index in [1.165, 1.54) is 6.42 Å². The molecule has 3 atom stereocenters. The molecule has 2 heterocycles. The summed E-state index contributed by atoms with van der Waals surface area (Å²) in [5.41, 5.74) is -0.0416. The largest absolute Gasteiger partial charge is 0.356 e. The first-order valence-electron chi connectivity index (χ1n) is 4.72. The van der Waals surface area contributed by atoms with E-state index < -0.39 is 0 Å². The first kappa shape index (κ1) is 8.48. The van der Waals surface area contributed by atoms with Crippen LogP contribution in [0.15, 0.2) is 0 Å². The van der Waals surface area contributed by atoms with E-state index in [0.29, 0.717) is 6.04 Å². The lowest BCUT2D eigenvalue weighted by atomic mass is 10.1. The van der Waals surface area contributed by atoms with Crippen molar-refractivity contribution in [2.75, 3.05) is 7.11 Å². The van der Waals surface area contributed by atoms with E-state index in [0.717, 1.165) is 19.3 Å². The van der Waals surface area contributed by atoms with Gasteiger partial charge in [0.15, 0.2) is 6.29 Å². The summed E-state index contributed by atoms with van der Waals surface area (Å²) in [6.45, 7) is 2.21. The van der Waals surface area contributed by atoms with Crippen molar-refractivity contribution in [1.29, 1.82) is 0 Å². The summed E-state index contributed by atoms with van der Waals surface area (Å²) in [6.07, 6.45) is 4.49. The molecule has 12 heavy (non-hydrogen) atoms. The predicted octanol–water partition coefficient (Wildman–Crippen LogP) is 1.24. The monoisotopic (exact) mass is 171 g/mol. The topological polar surface area (TPSA) is 30.5 Å². The fourth-order valence-electron chi connectivity index (χ4n) is 2.22. The quantitative estimate of drug-likeness (QED) is 0.644. The summed E-state index contributed by atoms with van der Waals surface area (Å²) in [6, 6.07) is 0.598. The molecule has 2 aliphatic heterocycles. The summed E-state index contributed by atoms with van der Waals surface area (Å²) < 4.78 is 11.0. The lowest BCUT2D eigenvalue weighted by molar-refractivity contribution is -0.160. The molecule has 2 aliphatic rings. The zero-order chi connectivity index (χ0) is 8.60. The van der Waals surface area contributed by atoms with Crippen LogP contribution in [0.4, 0.5) is 0 Å². The number of methoxy groups -OCH3 is 1. The van der Waals surface area contributed by atoms with Gasteiger partial charge in [0, 0.05) is 19.6 Å². The zero-order valence-electron chi connectivity index (χ0n) is 7.80. The van der Waals surface area contributed by atoms with Crippen molar-refractivity contribution in [3.63, 3.8) is 0 Å². The van der Waals surface area contributed by atoms with E-state index in [1.54, 1.807) is 7.11 Å². The van der Waals surface area contributed by atoms with Crippen LogP contribution in [0.5, 0.6) is 0 Å². The molecule has 3 nitrogen and oxygen atoms in total. The van der Waals surface area contributed by atoms with E-state index in [4.69, 9.17) is 9.47 Å². The number of nitrogens with one attached hydrogen (secondary N) is 1. The highest BCUT2D eigenvalue weighted by molar-refractivity contribution is 4.92. The molecule has 2 rings (SSSR count). The van der Waals surface area contributed by atoms with Gasteiger partial charge in [0.25, 0.3) is 0 Å². The van der Waals surface area contributed by atoms with Gasteiger partial charge >= 0.3 is 0 Å². The fourth-order valence-corrected chi connectivity index (χ4v) is 2.22. The van der Waals surface area contributed by atoms with E-state index in [9.17, 15) is 0 Å². The SMILES string of the molecule is COC1CCC2(CCC(C)N2)O1. The summed E-state index contributed by atoms with van der Waals surface area (Å²) in [5, 5.41) is 3.49. The maximum Gasteiger partial charge on any atom is 0.159 e. The Morgan fingerprint density at radius 2 is 2.17 bits per heavy atom. The molecule has 3 heteroatoms.